The van der Waals surface area contributed by atoms with Gasteiger partial charge in [-0.3, -0.25) is 0 Å². The van der Waals surface area contributed by atoms with Gasteiger partial charge in [0.2, 0.25) is 0 Å². The minimum absolute atomic E-state index is 0.178. The van der Waals surface area contributed by atoms with Crippen molar-refractivity contribution >= 4 is 15.9 Å². The summed E-state index contributed by atoms with van der Waals surface area (Å²) in [5.41, 5.74) is 7.41. The summed E-state index contributed by atoms with van der Waals surface area (Å²) in [5, 5.41) is 0. The molecular weight excluding hydrogens is 262 g/mol. The smallest absolute Gasteiger partial charge is 0.0306 e. The molecule has 1 aromatic rings. The first-order valence-corrected chi connectivity index (χ1v) is 7.05. The molecule has 0 aromatic heterocycles. The van der Waals surface area contributed by atoms with E-state index in [4.69, 9.17) is 5.73 Å². The Balaban J connectivity index is 2.30. The summed E-state index contributed by atoms with van der Waals surface area (Å²) in [6.07, 6.45) is 7.64. The second-order valence-corrected chi connectivity index (χ2v) is 5.19. The van der Waals surface area contributed by atoms with Crippen molar-refractivity contribution in [1.82, 2.24) is 0 Å². The van der Waals surface area contributed by atoms with Gasteiger partial charge < -0.3 is 5.73 Å². The summed E-state index contributed by atoms with van der Waals surface area (Å²) >= 11 is 3.55. The minimum atomic E-state index is 0.178. The number of rotatable bonds is 7. The first-order chi connectivity index (χ1) is 7.75. The Labute approximate surface area is 108 Å². The van der Waals surface area contributed by atoms with Crippen LogP contribution in [0.4, 0.5) is 0 Å². The molecule has 1 nitrogen and oxygen atoms in total. The van der Waals surface area contributed by atoms with Crippen LogP contribution in [0.3, 0.4) is 0 Å². The molecule has 1 unspecified atom stereocenters. The maximum absolute atomic E-state index is 6.18. The first-order valence-electron chi connectivity index (χ1n) is 6.25. The third-order valence-electron chi connectivity index (χ3n) is 2.92. The van der Waals surface area contributed by atoms with Crippen LogP contribution in [0.15, 0.2) is 28.7 Å². The molecule has 0 aliphatic carbocycles. The summed E-state index contributed by atoms with van der Waals surface area (Å²) < 4.78 is 1.14. The molecule has 1 rings (SSSR count). The van der Waals surface area contributed by atoms with Gasteiger partial charge >= 0.3 is 0 Å². The van der Waals surface area contributed by atoms with Crippen molar-refractivity contribution in [2.45, 2.75) is 51.5 Å². The van der Waals surface area contributed by atoms with Crippen molar-refractivity contribution in [1.29, 1.82) is 0 Å². The van der Waals surface area contributed by atoms with Crippen LogP contribution < -0.4 is 5.73 Å². The fourth-order valence-corrected chi connectivity index (χ4v) is 2.48. The van der Waals surface area contributed by atoms with Crippen LogP contribution in [0.1, 0.15) is 57.1 Å². The lowest BCUT2D eigenvalue weighted by Gasteiger charge is -2.13. The van der Waals surface area contributed by atoms with Crippen LogP contribution in [0.25, 0.3) is 0 Å². The Morgan fingerprint density at radius 3 is 2.50 bits per heavy atom. The molecule has 1 atom stereocenters. The van der Waals surface area contributed by atoms with Crippen molar-refractivity contribution in [3.63, 3.8) is 0 Å². The zero-order chi connectivity index (χ0) is 11.8. The Morgan fingerprint density at radius 1 is 1.12 bits per heavy atom. The number of hydrogen-bond acceptors (Lipinski definition) is 1. The van der Waals surface area contributed by atoms with E-state index in [-0.39, 0.29) is 6.04 Å². The molecule has 0 bridgehead atoms. The van der Waals surface area contributed by atoms with E-state index in [2.05, 4.69) is 41.1 Å². The third-order valence-corrected chi connectivity index (χ3v) is 3.65. The van der Waals surface area contributed by atoms with E-state index in [0.29, 0.717) is 0 Å². The summed E-state index contributed by atoms with van der Waals surface area (Å²) in [5.74, 6) is 0. The van der Waals surface area contributed by atoms with E-state index in [1.54, 1.807) is 0 Å². The van der Waals surface area contributed by atoms with Gasteiger partial charge in [0.25, 0.3) is 0 Å². The fourth-order valence-electron chi connectivity index (χ4n) is 1.90. The molecule has 0 aliphatic rings. The second-order valence-electron chi connectivity index (χ2n) is 4.33. The summed E-state index contributed by atoms with van der Waals surface area (Å²) in [6, 6.07) is 8.43. The summed E-state index contributed by atoms with van der Waals surface area (Å²) in [4.78, 5) is 0. The van der Waals surface area contributed by atoms with Crippen molar-refractivity contribution < 1.29 is 0 Å². The quantitative estimate of drug-likeness (QED) is 0.714. The van der Waals surface area contributed by atoms with Crippen LogP contribution in [-0.2, 0) is 0 Å². The van der Waals surface area contributed by atoms with Crippen molar-refractivity contribution in [2.75, 3.05) is 0 Å². The SMILES string of the molecule is CCCCCCCC(N)c1ccccc1Br. The molecular formula is C14H22BrN. The van der Waals surface area contributed by atoms with E-state index in [0.717, 1.165) is 10.9 Å². The minimum Gasteiger partial charge on any atom is -0.324 e. The molecule has 2 N–H and O–H groups in total. The Bertz CT molecular complexity index is 299. The van der Waals surface area contributed by atoms with Gasteiger partial charge in [0, 0.05) is 10.5 Å². The molecule has 0 amide bonds. The Kier molecular flexibility index (Phi) is 6.74. The van der Waals surface area contributed by atoms with Gasteiger partial charge in [-0.1, -0.05) is 73.2 Å². The first kappa shape index (κ1) is 13.7. The predicted octanol–water partition coefficient (Wildman–Crippen LogP) is 4.81. The number of unbranched alkanes of at least 4 members (excludes halogenated alkanes) is 4. The molecule has 0 aliphatic heterocycles. The number of nitrogens with two attached hydrogens (primary N) is 1. The van der Waals surface area contributed by atoms with Crippen molar-refractivity contribution in [3.8, 4) is 0 Å². The molecule has 0 fully saturated rings. The number of halogens is 1. The van der Waals surface area contributed by atoms with Gasteiger partial charge in [-0.25, -0.2) is 0 Å². The van der Waals surface area contributed by atoms with E-state index in [9.17, 15) is 0 Å². The zero-order valence-electron chi connectivity index (χ0n) is 10.1. The normalized spacial score (nSPS) is 12.7. The summed E-state index contributed by atoms with van der Waals surface area (Å²) in [6.45, 7) is 2.24. The monoisotopic (exact) mass is 283 g/mol. The van der Waals surface area contributed by atoms with Gasteiger partial charge in [0.15, 0.2) is 0 Å². The van der Waals surface area contributed by atoms with Crippen LogP contribution in [0, 0.1) is 0 Å². The predicted molar refractivity (Wildman–Crippen MR) is 74.4 cm³/mol. The average molecular weight is 284 g/mol. The molecule has 16 heavy (non-hydrogen) atoms. The van der Waals surface area contributed by atoms with Gasteiger partial charge in [0.1, 0.15) is 0 Å². The standard InChI is InChI=1S/C14H22BrN/c1-2-3-4-5-6-11-14(16)12-9-7-8-10-13(12)15/h7-10,14H,2-6,11,16H2,1H3. The lowest BCUT2D eigenvalue weighted by atomic mass is 10.0. The largest absolute Gasteiger partial charge is 0.324 e. The summed E-state index contributed by atoms with van der Waals surface area (Å²) in [7, 11) is 0. The molecule has 1 aromatic carbocycles. The van der Waals surface area contributed by atoms with Gasteiger partial charge in [0.05, 0.1) is 0 Å². The molecule has 0 saturated carbocycles. The highest BCUT2D eigenvalue weighted by Crippen LogP contribution is 2.25. The molecule has 2 heteroatoms. The van der Waals surface area contributed by atoms with Gasteiger partial charge in [-0.15, -0.1) is 0 Å². The highest BCUT2D eigenvalue weighted by atomic mass is 79.9. The van der Waals surface area contributed by atoms with Crippen LogP contribution in [0.2, 0.25) is 0 Å². The zero-order valence-corrected chi connectivity index (χ0v) is 11.7. The maximum atomic E-state index is 6.18. The third kappa shape index (κ3) is 4.67. The molecule has 90 valence electrons. The van der Waals surface area contributed by atoms with Crippen LogP contribution >= 0.6 is 15.9 Å². The Morgan fingerprint density at radius 2 is 1.81 bits per heavy atom. The van der Waals surface area contributed by atoms with E-state index in [1.165, 1.54) is 37.7 Å². The molecule has 0 radical (unpaired) electrons. The lowest BCUT2D eigenvalue weighted by molar-refractivity contribution is 0.554. The highest BCUT2D eigenvalue weighted by molar-refractivity contribution is 9.10. The van der Waals surface area contributed by atoms with Crippen LogP contribution in [-0.4, -0.2) is 0 Å². The number of benzene rings is 1. The average Bonchev–Trinajstić information content (AvgIpc) is 2.29. The molecule has 0 saturated heterocycles. The topological polar surface area (TPSA) is 26.0 Å². The maximum Gasteiger partial charge on any atom is 0.0306 e. The van der Waals surface area contributed by atoms with E-state index in [1.807, 2.05) is 6.07 Å². The lowest BCUT2D eigenvalue weighted by Crippen LogP contribution is -2.10. The van der Waals surface area contributed by atoms with E-state index >= 15 is 0 Å². The van der Waals surface area contributed by atoms with Gasteiger partial charge in [-0.2, -0.15) is 0 Å². The second kappa shape index (κ2) is 7.86. The van der Waals surface area contributed by atoms with E-state index < -0.39 is 0 Å². The fraction of sp³-hybridized carbons (Fsp3) is 0.571. The molecule has 0 heterocycles. The van der Waals surface area contributed by atoms with Gasteiger partial charge in [-0.05, 0) is 18.1 Å². The Hall–Kier alpha value is -0.340. The molecule has 0 spiro atoms. The number of hydrogen-bond donors (Lipinski definition) is 1. The van der Waals surface area contributed by atoms with Crippen molar-refractivity contribution in [2.24, 2.45) is 5.73 Å². The van der Waals surface area contributed by atoms with Crippen LogP contribution in [0.5, 0.6) is 0 Å². The highest BCUT2D eigenvalue weighted by Gasteiger charge is 2.08. The van der Waals surface area contributed by atoms with Crippen molar-refractivity contribution in [3.05, 3.63) is 34.3 Å².